The molecule has 0 atom stereocenters. The quantitative estimate of drug-likeness (QED) is 0.588. The lowest BCUT2D eigenvalue weighted by molar-refractivity contribution is -0.132. The number of aliphatic carboxylic acids is 1. The molecule has 84 valence electrons. The molecule has 0 bridgehead atoms. The molecule has 0 fully saturated rings. The highest BCUT2D eigenvalue weighted by atomic mass is 16.4. The molecule has 0 aromatic carbocycles. The highest BCUT2D eigenvalue weighted by molar-refractivity contribution is 5.95. The van der Waals surface area contributed by atoms with Gasteiger partial charge in [0.25, 0.3) is 0 Å². The highest BCUT2D eigenvalue weighted by Gasteiger charge is 2.09. The Morgan fingerprint density at radius 2 is 1.93 bits per heavy atom. The Kier molecular flexibility index (Phi) is 5.77. The van der Waals surface area contributed by atoms with E-state index in [-0.39, 0.29) is 12.5 Å². The number of nitrogens with zero attached hydrogens (tertiary/aromatic N) is 1. The normalized spacial score (nSPS) is 10.0. The van der Waals surface area contributed by atoms with Crippen LogP contribution < -0.4 is 5.32 Å². The van der Waals surface area contributed by atoms with Crippen LogP contribution in [0.2, 0.25) is 0 Å². The Balaban J connectivity index is 4.10. The van der Waals surface area contributed by atoms with E-state index < -0.39 is 11.9 Å². The average molecular weight is 214 g/mol. The van der Waals surface area contributed by atoms with Crippen LogP contribution in [0, 0.1) is 0 Å². The van der Waals surface area contributed by atoms with E-state index in [0.29, 0.717) is 6.54 Å². The van der Waals surface area contributed by atoms with E-state index in [1.807, 2.05) is 0 Å². The fourth-order valence-electron chi connectivity index (χ4n) is 0.816. The van der Waals surface area contributed by atoms with Crippen molar-refractivity contribution in [3.8, 4) is 0 Å². The molecule has 0 rings (SSSR count). The van der Waals surface area contributed by atoms with E-state index in [4.69, 9.17) is 5.11 Å². The van der Waals surface area contributed by atoms with E-state index in [0.717, 1.165) is 17.1 Å². The molecule has 0 unspecified atom stereocenters. The van der Waals surface area contributed by atoms with Gasteiger partial charge in [-0.25, -0.2) is 4.79 Å². The number of hydrogen-bond donors (Lipinski definition) is 2. The van der Waals surface area contributed by atoms with Crippen LogP contribution in [0.5, 0.6) is 0 Å². The third-order valence-electron chi connectivity index (χ3n) is 1.50. The monoisotopic (exact) mass is 214 g/mol. The van der Waals surface area contributed by atoms with Crippen molar-refractivity contribution in [2.75, 3.05) is 20.1 Å². The first-order valence-corrected chi connectivity index (χ1v) is 4.40. The summed E-state index contributed by atoms with van der Waals surface area (Å²) < 4.78 is 0. The van der Waals surface area contributed by atoms with E-state index in [2.05, 4.69) is 5.32 Å². The van der Waals surface area contributed by atoms with E-state index >= 15 is 0 Å². The van der Waals surface area contributed by atoms with Crippen LogP contribution in [-0.4, -0.2) is 47.9 Å². The van der Waals surface area contributed by atoms with Gasteiger partial charge in [0.1, 0.15) is 0 Å². The minimum atomic E-state index is -1.20. The summed E-state index contributed by atoms with van der Waals surface area (Å²) in [6, 6.07) is 0. The summed E-state index contributed by atoms with van der Waals surface area (Å²) in [7, 11) is 1.42. The molecule has 0 saturated carbocycles. The van der Waals surface area contributed by atoms with Gasteiger partial charge in [0.2, 0.25) is 11.8 Å². The number of rotatable bonds is 5. The van der Waals surface area contributed by atoms with E-state index in [1.165, 1.54) is 7.05 Å². The smallest absolute Gasteiger partial charge is 0.328 e. The molecule has 0 aromatic heterocycles. The van der Waals surface area contributed by atoms with Crippen molar-refractivity contribution in [1.82, 2.24) is 10.2 Å². The summed E-state index contributed by atoms with van der Waals surface area (Å²) in [6.07, 6.45) is 1.64. The van der Waals surface area contributed by atoms with Gasteiger partial charge in [-0.1, -0.05) is 0 Å². The Bertz CT molecular complexity index is 286. The van der Waals surface area contributed by atoms with Gasteiger partial charge >= 0.3 is 5.97 Å². The van der Waals surface area contributed by atoms with Crippen molar-refractivity contribution < 1.29 is 19.5 Å². The van der Waals surface area contributed by atoms with Crippen molar-refractivity contribution in [2.24, 2.45) is 0 Å². The number of likely N-dealkylation sites (N-methyl/N-ethyl adjacent to an activating group) is 2. The lowest BCUT2D eigenvalue weighted by atomic mass is 10.4. The van der Waals surface area contributed by atoms with Crippen LogP contribution in [0.15, 0.2) is 12.2 Å². The Morgan fingerprint density at radius 3 is 2.40 bits per heavy atom. The van der Waals surface area contributed by atoms with Crippen LogP contribution in [0.4, 0.5) is 0 Å². The maximum atomic E-state index is 11.2. The number of carboxylic acids is 1. The summed E-state index contributed by atoms with van der Waals surface area (Å²) >= 11 is 0. The van der Waals surface area contributed by atoms with Crippen molar-refractivity contribution >= 4 is 17.8 Å². The Labute approximate surface area is 87.6 Å². The summed E-state index contributed by atoms with van der Waals surface area (Å²) in [5.41, 5.74) is 0. The predicted octanol–water partition coefficient (Wildman–Crippen LogP) is -0.778. The summed E-state index contributed by atoms with van der Waals surface area (Å²) in [5, 5.41) is 10.8. The molecule has 0 saturated heterocycles. The SMILES string of the molecule is CCNC(=O)CN(C)C(=O)/C=C/C(=O)O. The zero-order valence-corrected chi connectivity index (χ0v) is 8.69. The molecular weight excluding hydrogens is 200 g/mol. The molecule has 0 aliphatic heterocycles. The maximum Gasteiger partial charge on any atom is 0.328 e. The number of hydrogen-bond acceptors (Lipinski definition) is 3. The molecule has 0 heterocycles. The first-order chi connectivity index (χ1) is 6.97. The fraction of sp³-hybridized carbons (Fsp3) is 0.444. The second kappa shape index (κ2) is 6.58. The van der Waals surface area contributed by atoms with Gasteiger partial charge in [0.05, 0.1) is 6.54 Å². The largest absolute Gasteiger partial charge is 0.478 e. The van der Waals surface area contributed by atoms with Gasteiger partial charge in [0, 0.05) is 25.7 Å². The molecule has 2 N–H and O–H groups in total. The fourth-order valence-corrected chi connectivity index (χ4v) is 0.816. The summed E-state index contributed by atoms with van der Waals surface area (Å²) in [4.78, 5) is 33.5. The second-order valence-electron chi connectivity index (χ2n) is 2.82. The van der Waals surface area contributed by atoms with Crippen molar-refractivity contribution in [3.05, 3.63) is 12.2 Å². The zero-order valence-electron chi connectivity index (χ0n) is 8.69. The van der Waals surface area contributed by atoms with Gasteiger partial charge in [0.15, 0.2) is 0 Å². The predicted molar refractivity (Wildman–Crippen MR) is 53.1 cm³/mol. The topological polar surface area (TPSA) is 86.7 Å². The molecular formula is C9H14N2O4. The van der Waals surface area contributed by atoms with Crippen molar-refractivity contribution in [2.45, 2.75) is 6.92 Å². The molecule has 0 radical (unpaired) electrons. The third-order valence-corrected chi connectivity index (χ3v) is 1.50. The molecule has 0 spiro atoms. The molecule has 0 aliphatic carbocycles. The number of amides is 2. The molecule has 0 aliphatic rings. The van der Waals surface area contributed by atoms with Gasteiger partial charge in [-0.2, -0.15) is 0 Å². The molecule has 6 nitrogen and oxygen atoms in total. The molecule has 2 amide bonds. The van der Waals surface area contributed by atoms with Gasteiger partial charge in [-0.3, -0.25) is 9.59 Å². The lowest BCUT2D eigenvalue weighted by Crippen LogP contribution is -2.37. The number of carbonyl (C=O) groups is 3. The summed E-state index contributed by atoms with van der Waals surface area (Å²) in [5.74, 6) is -2.00. The molecule has 15 heavy (non-hydrogen) atoms. The minimum Gasteiger partial charge on any atom is -0.478 e. The van der Waals surface area contributed by atoms with Gasteiger partial charge in [-0.05, 0) is 6.92 Å². The van der Waals surface area contributed by atoms with Crippen LogP contribution in [-0.2, 0) is 14.4 Å². The van der Waals surface area contributed by atoms with E-state index in [9.17, 15) is 14.4 Å². The number of carbonyl (C=O) groups excluding carboxylic acids is 2. The zero-order chi connectivity index (χ0) is 11.8. The minimum absolute atomic E-state index is 0.0867. The maximum absolute atomic E-state index is 11.2. The Morgan fingerprint density at radius 1 is 1.33 bits per heavy atom. The van der Waals surface area contributed by atoms with E-state index in [1.54, 1.807) is 6.92 Å². The van der Waals surface area contributed by atoms with Gasteiger partial charge < -0.3 is 15.3 Å². The number of carboxylic acid groups (broad SMARTS) is 1. The highest BCUT2D eigenvalue weighted by Crippen LogP contribution is 1.87. The van der Waals surface area contributed by atoms with Gasteiger partial charge in [-0.15, -0.1) is 0 Å². The van der Waals surface area contributed by atoms with Crippen LogP contribution in [0.25, 0.3) is 0 Å². The lowest BCUT2D eigenvalue weighted by Gasteiger charge is -2.13. The molecule has 0 aromatic rings. The van der Waals surface area contributed by atoms with Crippen LogP contribution in [0.3, 0.4) is 0 Å². The van der Waals surface area contributed by atoms with Crippen LogP contribution >= 0.6 is 0 Å². The first-order valence-electron chi connectivity index (χ1n) is 4.40. The molecule has 6 heteroatoms. The third kappa shape index (κ3) is 6.25. The van der Waals surface area contributed by atoms with Crippen molar-refractivity contribution in [3.63, 3.8) is 0 Å². The van der Waals surface area contributed by atoms with Crippen LogP contribution in [0.1, 0.15) is 6.92 Å². The summed E-state index contributed by atoms with van der Waals surface area (Å²) in [6.45, 7) is 2.17. The second-order valence-corrected chi connectivity index (χ2v) is 2.82. The first kappa shape index (κ1) is 13.2. The average Bonchev–Trinajstić information content (AvgIpc) is 2.14. The Hall–Kier alpha value is -1.85. The van der Waals surface area contributed by atoms with Crippen molar-refractivity contribution in [1.29, 1.82) is 0 Å². The standard InChI is InChI=1S/C9H14N2O4/c1-3-10-7(12)6-11(2)8(13)4-5-9(14)15/h4-5H,3,6H2,1-2H3,(H,10,12)(H,14,15)/b5-4+. The number of nitrogens with one attached hydrogen (secondary N) is 1.